The van der Waals surface area contributed by atoms with Crippen molar-refractivity contribution in [3.8, 4) is 0 Å². The highest BCUT2D eigenvalue weighted by Gasteiger charge is 2.14. The topological polar surface area (TPSA) is 101 Å². The van der Waals surface area contributed by atoms with Crippen molar-refractivity contribution in [2.75, 3.05) is 0 Å². The molecule has 3 aromatic rings. The second-order valence-electron chi connectivity index (χ2n) is 3.86. The van der Waals surface area contributed by atoms with Crippen molar-refractivity contribution in [3.63, 3.8) is 0 Å². The lowest BCUT2D eigenvalue weighted by Crippen LogP contribution is -2.13. The second kappa shape index (κ2) is 4.11. The summed E-state index contributed by atoms with van der Waals surface area (Å²) in [6.45, 7) is 0. The van der Waals surface area contributed by atoms with E-state index in [1.807, 2.05) is 6.07 Å². The Morgan fingerprint density at radius 3 is 2.94 bits per heavy atom. The molecule has 0 radical (unpaired) electrons. The summed E-state index contributed by atoms with van der Waals surface area (Å²) in [5.74, 6) is 0.163. The number of imidazole rings is 1. The largest absolute Gasteiger partial charge is 0.417 e. The molecule has 7 heteroatoms. The number of benzene rings is 1. The van der Waals surface area contributed by atoms with E-state index in [9.17, 15) is 4.79 Å². The van der Waals surface area contributed by atoms with Crippen LogP contribution >= 0.6 is 15.9 Å². The fraction of sp³-hybridized carbons (Fsp3) is 0.0909. The van der Waals surface area contributed by atoms with Gasteiger partial charge in [0.05, 0.1) is 17.8 Å². The lowest BCUT2D eigenvalue weighted by Gasteiger charge is -2.08. The maximum Gasteiger partial charge on any atom is 0.417 e. The summed E-state index contributed by atoms with van der Waals surface area (Å²) < 4.78 is 5.76. The zero-order valence-electron chi connectivity index (χ0n) is 9.11. The molecule has 92 valence electrons. The molecule has 2 aromatic heterocycles. The molecular weight excluding hydrogens is 300 g/mol. The minimum atomic E-state index is -0.475. The van der Waals surface area contributed by atoms with Gasteiger partial charge >= 0.3 is 5.76 Å². The van der Waals surface area contributed by atoms with E-state index in [4.69, 9.17) is 10.2 Å². The van der Waals surface area contributed by atoms with E-state index < -0.39 is 11.8 Å². The molecule has 0 amide bonds. The van der Waals surface area contributed by atoms with Crippen molar-refractivity contribution < 1.29 is 4.42 Å². The summed E-state index contributed by atoms with van der Waals surface area (Å²) in [6, 6.07) is 4.91. The first-order valence-electron chi connectivity index (χ1n) is 5.22. The summed E-state index contributed by atoms with van der Waals surface area (Å²) in [5.41, 5.74) is 8.03. The number of hydrogen-bond donors (Lipinski definition) is 3. The number of aromatic amines is 2. The SMILES string of the molecule is NC(c1ccc2[nH]c(=O)oc2c1)c1ncc(Br)[nH]1. The lowest BCUT2D eigenvalue weighted by molar-refractivity contribution is 0.554. The average molecular weight is 309 g/mol. The van der Waals surface area contributed by atoms with Gasteiger partial charge in [0.15, 0.2) is 5.58 Å². The minimum Gasteiger partial charge on any atom is -0.408 e. The van der Waals surface area contributed by atoms with Crippen LogP contribution in [0.25, 0.3) is 11.1 Å². The highest BCUT2D eigenvalue weighted by Crippen LogP contribution is 2.21. The Kier molecular flexibility index (Phi) is 2.57. The molecule has 0 saturated heterocycles. The van der Waals surface area contributed by atoms with E-state index in [2.05, 4.69) is 30.9 Å². The van der Waals surface area contributed by atoms with Crippen molar-refractivity contribution in [1.82, 2.24) is 15.0 Å². The summed E-state index contributed by atoms with van der Waals surface area (Å²) in [7, 11) is 0. The molecule has 0 saturated carbocycles. The first-order valence-corrected chi connectivity index (χ1v) is 6.01. The number of fused-ring (bicyclic) bond motifs is 1. The monoisotopic (exact) mass is 308 g/mol. The molecule has 0 bridgehead atoms. The van der Waals surface area contributed by atoms with Gasteiger partial charge in [0.2, 0.25) is 0 Å². The maximum atomic E-state index is 11.1. The molecule has 0 aliphatic carbocycles. The Hall–Kier alpha value is -1.86. The van der Waals surface area contributed by atoms with Crippen LogP contribution in [0, 0.1) is 0 Å². The predicted molar refractivity (Wildman–Crippen MR) is 69.2 cm³/mol. The van der Waals surface area contributed by atoms with Crippen LogP contribution in [0.2, 0.25) is 0 Å². The Morgan fingerprint density at radius 1 is 1.39 bits per heavy atom. The van der Waals surface area contributed by atoms with Crippen molar-refractivity contribution in [3.05, 3.63) is 50.9 Å². The zero-order chi connectivity index (χ0) is 12.7. The van der Waals surface area contributed by atoms with Gasteiger partial charge in [-0.3, -0.25) is 4.98 Å². The number of halogens is 1. The van der Waals surface area contributed by atoms with E-state index in [0.717, 1.165) is 10.2 Å². The lowest BCUT2D eigenvalue weighted by atomic mass is 10.1. The van der Waals surface area contributed by atoms with E-state index in [1.54, 1.807) is 18.3 Å². The Morgan fingerprint density at radius 2 is 2.22 bits per heavy atom. The molecule has 0 aliphatic rings. The van der Waals surface area contributed by atoms with Crippen molar-refractivity contribution in [1.29, 1.82) is 0 Å². The van der Waals surface area contributed by atoms with Gasteiger partial charge < -0.3 is 15.1 Å². The molecule has 3 rings (SSSR count). The van der Waals surface area contributed by atoms with Crippen molar-refractivity contribution in [2.24, 2.45) is 5.73 Å². The number of nitrogens with zero attached hydrogens (tertiary/aromatic N) is 1. The first kappa shape index (κ1) is 11.2. The summed E-state index contributed by atoms with van der Waals surface area (Å²) in [4.78, 5) is 20.8. The van der Waals surface area contributed by atoms with Crippen LogP contribution in [-0.4, -0.2) is 15.0 Å². The number of H-pyrrole nitrogens is 2. The van der Waals surface area contributed by atoms with Gasteiger partial charge in [0.25, 0.3) is 0 Å². The molecule has 0 fully saturated rings. The number of nitrogens with two attached hydrogens (primary N) is 1. The van der Waals surface area contributed by atoms with Gasteiger partial charge in [0, 0.05) is 0 Å². The molecule has 1 aromatic carbocycles. The Labute approximate surface area is 109 Å². The first-order chi connectivity index (χ1) is 8.63. The zero-order valence-corrected chi connectivity index (χ0v) is 10.7. The molecule has 0 aliphatic heterocycles. The number of nitrogens with one attached hydrogen (secondary N) is 2. The molecule has 0 spiro atoms. The van der Waals surface area contributed by atoms with Gasteiger partial charge in [0.1, 0.15) is 10.4 Å². The molecule has 1 atom stereocenters. The standard InChI is InChI=1S/C11H9BrN4O2/c12-8-4-14-10(16-8)9(13)5-1-2-6-7(3-5)18-11(17)15-6/h1-4,9H,13H2,(H,14,16)(H,15,17). The number of rotatable bonds is 2. The predicted octanol–water partition coefficient (Wildman–Crippen LogP) is 1.65. The average Bonchev–Trinajstić information content (AvgIpc) is 2.92. The van der Waals surface area contributed by atoms with E-state index in [1.165, 1.54) is 0 Å². The maximum absolute atomic E-state index is 11.1. The van der Waals surface area contributed by atoms with Crippen molar-refractivity contribution >= 4 is 27.0 Å². The second-order valence-corrected chi connectivity index (χ2v) is 4.72. The number of hydrogen-bond acceptors (Lipinski definition) is 4. The fourth-order valence-corrected chi connectivity index (χ4v) is 2.09. The van der Waals surface area contributed by atoms with Crippen LogP contribution in [0.4, 0.5) is 0 Å². The van der Waals surface area contributed by atoms with Crippen LogP contribution < -0.4 is 11.5 Å². The number of aromatic nitrogens is 3. The Bertz CT molecular complexity index is 758. The quantitative estimate of drug-likeness (QED) is 0.670. The summed E-state index contributed by atoms with van der Waals surface area (Å²) in [5, 5.41) is 0. The van der Waals surface area contributed by atoms with Gasteiger partial charge in [-0.1, -0.05) is 6.07 Å². The summed E-state index contributed by atoms with van der Waals surface area (Å²) >= 11 is 3.28. The highest BCUT2D eigenvalue weighted by molar-refractivity contribution is 9.10. The van der Waals surface area contributed by atoms with Gasteiger partial charge in [-0.15, -0.1) is 0 Å². The van der Waals surface area contributed by atoms with E-state index in [0.29, 0.717) is 16.9 Å². The third kappa shape index (κ3) is 1.87. The van der Waals surface area contributed by atoms with Crippen LogP contribution in [0.15, 0.2) is 38.2 Å². The molecule has 2 heterocycles. The minimum absolute atomic E-state index is 0.402. The Balaban J connectivity index is 2.05. The summed E-state index contributed by atoms with van der Waals surface area (Å²) in [6.07, 6.45) is 1.64. The molecule has 18 heavy (non-hydrogen) atoms. The van der Waals surface area contributed by atoms with Gasteiger partial charge in [-0.05, 0) is 33.6 Å². The third-order valence-electron chi connectivity index (χ3n) is 2.66. The van der Waals surface area contributed by atoms with Crippen LogP contribution in [-0.2, 0) is 0 Å². The van der Waals surface area contributed by atoms with Gasteiger partial charge in [-0.25, -0.2) is 9.78 Å². The van der Waals surface area contributed by atoms with Crippen molar-refractivity contribution in [2.45, 2.75) is 6.04 Å². The molecule has 4 N–H and O–H groups in total. The van der Waals surface area contributed by atoms with Gasteiger partial charge in [-0.2, -0.15) is 0 Å². The fourth-order valence-electron chi connectivity index (χ4n) is 1.78. The van der Waals surface area contributed by atoms with Crippen LogP contribution in [0.5, 0.6) is 0 Å². The molecular formula is C11H9BrN4O2. The third-order valence-corrected chi connectivity index (χ3v) is 3.07. The van der Waals surface area contributed by atoms with Crippen LogP contribution in [0.3, 0.4) is 0 Å². The molecule has 6 nitrogen and oxygen atoms in total. The smallest absolute Gasteiger partial charge is 0.408 e. The van der Waals surface area contributed by atoms with E-state index >= 15 is 0 Å². The van der Waals surface area contributed by atoms with Crippen LogP contribution in [0.1, 0.15) is 17.4 Å². The normalized spacial score (nSPS) is 13.0. The highest BCUT2D eigenvalue weighted by atomic mass is 79.9. The molecule has 1 unspecified atom stereocenters. The number of oxazole rings is 1. The van der Waals surface area contributed by atoms with E-state index in [-0.39, 0.29) is 0 Å².